The highest BCUT2D eigenvalue weighted by Crippen LogP contribution is 2.50. The Bertz CT molecular complexity index is 1710. The molecule has 0 N–H and O–H groups in total. The third-order valence-electron chi connectivity index (χ3n) is 13.5. The van der Waals surface area contributed by atoms with Gasteiger partial charge in [-0.2, -0.15) is 8.42 Å². The molecule has 328 valence electrons. The molecule has 3 fully saturated rings. The Morgan fingerprint density at radius 3 is 1.95 bits per heavy atom. The topological polar surface area (TPSA) is 108 Å². The maximum atomic E-state index is 13.0. The number of ether oxygens (including phenoxy) is 5. The van der Waals surface area contributed by atoms with Gasteiger partial charge < -0.3 is 32.5 Å². The monoisotopic (exact) mass is 862 g/mol. The van der Waals surface area contributed by atoms with E-state index in [1.54, 1.807) is 0 Å². The van der Waals surface area contributed by atoms with E-state index < -0.39 is 62.4 Å². The van der Waals surface area contributed by atoms with Crippen LogP contribution < -0.4 is 0 Å². The molecule has 0 unspecified atom stereocenters. The molecular formula is C45H74O10SSi2. The molecule has 0 saturated carbocycles. The van der Waals surface area contributed by atoms with Gasteiger partial charge in [0.2, 0.25) is 0 Å². The standard InChI is InChI=1S/C45H74O10SSi2/c1-42(2,3)57(10,11)50-27-25-35(54-56(9,46)47)41-36(55-58(12,13)43(4,5)6)24-26-44(7)40(51-41)29-45(8)39(53-44)28-37(49-31-34-22-18-15-19-23-34)38(52-45)32-48-30-33-20-16-14-17-21-33/h14-23,35-41H,24-32H2,1-13H3/t35-,36-,37+,38-,39-,40-,41+,44+,45+/m1/s1. The molecule has 9 atom stereocenters. The first-order chi connectivity index (χ1) is 26.8. The van der Waals surface area contributed by atoms with Crippen molar-refractivity contribution in [2.24, 2.45) is 0 Å². The molecule has 0 aromatic heterocycles. The Morgan fingerprint density at radius 1 is 0.793 bits per heavy atom. The fourth-order valence-electron chi connectivity index (χ4n) is 7.84. The van der Waals surface area contributed by atoms with Gasteiger partial charge in [-0.25, -0.2) is 0 Å². The van der Waals surface area contributed by atoms with Gasteiger partial charge in [0.05, 0.1) is 61.7 Å². The number of fused-ring (bicyclic) bond motifs is 2. The third-order valence-corrected chi connectivity index (χ3v) is 23.2. The van der Waals surface area contributed by atoms with E-state index in [1.165, 1.54) is 0 Å². The smallest absolute Gasteiger partial charge is 0.264 e. The van der Waals surface area contributed by atoms with Gasteiger partial charge in [-0.1, -0.05) is 102 Å². The summed E-state index contributed by atoms with van der Waals surface area (Å²) in [6.07, 6.45) is 0.592. The lowest BCUT2D eigenvalue weighted by atomic mass is 9.75. The maximum absolute atomic E-state index is 13.0. The summed E-state index contributed by atoms with van der Waals surface area (Å²) in [7, 11) is -8.37. The minimum atomic E-state index is -3.87. The molecule has 0 radical (unpaired) electrons. The largest absolute Gasteiger partial charge is 0.417 e. The van der Waals surface area contributed by atoms with Crippen molar-refractivity contribution in [3.8, 4) is 0 Å². The van der Waals surface area contributed by atoms with Crippen LogP contribution in [-0.4, -0.2) is 98.5 Å². The van der Waals surface area contributed by atoms with Crippen LogP contribution in [-0.2, 0) is 60.1 Å². The van der Waals surface area contributed by atoms with Gasteiger partial charge in [-0.3, -0.25) is 4.18 Å². The zero-order valence-corrected chi connectivity index (χ0v) is 40.5. The van der Waals surface area contributed by atoms with Crippen LogP contribution in [0.3, 0.4) is 0 Å². The van der Waals surface area contributed by atoms with Crippen molar-refractivity contribution in [2.75, 3.05) is 19.5 Å². The van der Waals surface area contributed by atoms with Crippen molar-refractivity contribution in [3.05, 3.63) is 71.8 Å². The lowest BCUT2D eigenvalue weighted by Crippen LogP contribution is -2.67. The number of rotatable bonds is 16. The summed E-state index contributed by atoms with van der Waals surface area (Å²) in [5.74, 6) is 0. The molecule has 3 aliphatic rings. The van der Waals surface area contributed by atoms with Crippen LogP contribution in [0.1, 0.15) is 98.6 Å². The van der Waals surface area contributed by atoms with Crippen LogP contribution in [0.4, 0.5) is 0 Å². The van der Waals surface area contributed by atoms with Gasteiger partial charge in [0.25, 0.3) is 10.1 Å². The normalized spacial score (nSPS) is 30.6. The summed E-state index contributed by atoms with van der Waals surface area (Å²) in [5.41, 5.74) is 0.744. The van der Waals surface area contributed by atoms with E-state index in [9.17, 15) is 8.42 Å². The highest BCUT2D eigenvalue weighted by Gasteiger charge is 2.60. The van der Waals surface area contributed by atoms with E-state index in [2.05, 4.69) is 106 Å². The fourth-order valence-corrected chi connectivity index (χ4v) is 10.9. The van der Waals surface area contributed by atoms with Gasteiger partial charge >= 0.3 is 0 Å². The molecule has 3 saturated heterocycles. The third kappa shape index (κ3) is 12.1. The van der Waals surface area contributed by atoms with Crippen LogP contribution >= 0.6 is 0 Å². The Morgan fingerprint density at radius 2 is 1.38 bits per heavy atom. The quantitative estimate of drug-likeness (QED) is 0.120. The van der Waals surface area contributed by atoms with Crippen molar-refractivity contribution in [3.63, 3.8) is 0 Å². The van der Waals surface area contributed by atoms with E-state index in [1.807, 2.05) is 36.4 Å². The van der Waals surface area contributed by atoms with Crippen LogP contribution in [0.2, 0.25) is 36.3 Å². The molecule has 58 heavy (non-hydrogen) atoms. The van der Waals surface area contributed by atoms with E-state index >= 15 is 0 Å². The summed E-state index contributed by atoms with van der Waals surface area (Å²) in [4.78, 5) is 0. The van der Waals surface area contributed by atoms with E-state index in [0.29, 0.717) is 58.5 Å². The SMILES string of the molecule is CC(C)(C)[Si](C)(C)OCC[C@@H](OS(C)(=O)=O)[C@@H]1O[C@@H]2C[C@]3(C)O[C@H](COCc4ccccc4)[C@@H](OCc4ccccc4)C[C@H]3O[C@@]2(C)CC[C@H]1O[Si](C)(C)C(C)(C)C. The molecule has 0 spiro atoms. The molecule has 0 bridgehead atoms. The molecule has 0 amide bonds. The molecular weight excluding hydrogens is 789 g/mol. The molecule has 2 aromatic carbocycles. The predicted octanol–water partition coefficient (Wildman–Crippen LogP) is 9.58. The molecule has 0 aliphatic carbocycles. The predicted molar refractivity (Wildman–Crippen MR) is 234 cm³/mol. The number of hydrogen-bond donors (Lipinski definition) is 0. The van der Waals surface area contributed by atoms with Crippen LogP contribution in [0.15, 0.2) is 60.7 Å². The minimum absolute atomic E-state index is 0.00371. The molecule has 3 aliphatic heterocycles. The first kappa shape index (κ1) is 47.6. The second-order valence-electron chi connectivity index (χ2n) is 20.4. The average Bonchev–Trinajstić information content (AvgIpc) is 3.24. The fraction of sp³-hybridized carbons (Fsp3) is 0.733. The second-order valence-corrected chi connectivity index (χ2v) is 31.6. The Labute approximate surface area is 352 Å². The Hall–Kier alpha value is -1.50. The van der Waals surface area contributed by atoms with Gasteiger partial charge in [0.1, 0.15) is 18.3 Å². The summed E-state index contributed by atoms with van der Waals surface area (Å²) in [5, 5.41) is -0.0888. The van der Waals surface area contributed by atoms with Gasteiger partial charge in [0.15, 0.2) is 16.6 Å². The Kier molecular flexibility index (Phi) is 15.1. The molecule has 13 heteroatoms. The lowest BCUT2D eigenvalue weighted by molar-refractivity contribution is -0.327. The van der Waals surface area contributed by atoms with E-state index in [-0.39, 0.29) is 28.4 Å². The van der Waals surface area contributed by atoms with Crippen molar-refractivity contribution < 1.29 is 45.1 Å². The van der Waals surface area contributed by atoms with Crippen molar-refractivity contribution in [2.45, 2.75) is 191 Å². The van der Waals surface area contributed by atoms with Crippen LogP contribution in [0.5, 0.6) is 0 Å². The van der Waals surface area contributed by atoms with E-state index in [4.69, 9.17) is 36.7 Å². The zero-order valence-electron chi connectivity index (χ0n) is 37.7. The van der Waals surface area contributed by atoms with Gasteiger partial charge in [-0.05, 0) is 80.5 Å². The van der Waals surface area contributed by atoms with Gasteiger partial charge in [-0.15, -0.1) is 0 Å². The molecule has 10 nitrogen and oxygen atoms in total. The van der Waals surface area contributed by atoms with Crippen LogP contribution in [0, 0.1) is 0 Å². The first-order valence-corrected chi connectivity index (χ1v) is 28.9. The summed E-state index contributed by atoms with van der Waals surface area (Å²) >= 11 is 0. The maximum Gasteiger partial charge on any atom is 0.264 e. The van der Waals surface area contributed by atoms with Crippen molar-refractivity contribution in [1.82, 2.24) is 0 Å². The average molecular weight is 863 g/mol. The molecule has 5 rings (SSSR count). The lowest BCUT2D eigenvalue weighted by Gasteiger charge is -2.57. The second kappa shape index (κ2) is 18.5. The molecule has 2 aromatic rings. The summed E-state index contributed by atoms with van der Waals surface area (Å²) in [6, 6.07) is 20.3. The Balaban J connectivity index is 1.44. The minimum Gasteiger partial charge on any atom is -0.417 e. The highest BCUT2D eigenvalue weighted by molar-refractivity contribution is 7.86. The summed E-state index contributed by atoms with van der Waals surface area (Å²) < 4.78 is 80.3. The number of hydrogen-bond acceptors (Lipinski definition) is 10. The highest BCUT2D eigenvalue weighted by atomic mass is 32.2. The van der Waals surface area contributed by atoms with E-state index in [0.717, 1.165) is 17.4 Å². The van der Waals surface area contributed by atoms with Gasteiger partial charge in [0, 0.05) is 19.4 Å². The van der Waals surface area contributed by atoms with Crippen LogP contribution in [0.25, 0.3) is 0 Å². The number of benzene rings is 2. The summed E-state index contributed by atoms with van der Waals surface area (Å²) in [6.45, 7) is 28.0. The zero-order chi connectivity index (χ0) is 42.8. The van der Waals surface area contributed by atoms with Crippen molar-refractivity contribution >= 4 is 26.8 Å². The van der Waals surface area contributed by atoms with Crippen molar-refractivity contribution in [1.29, 1.82) is 0 Å². The molecule has 3 heterocycles. The first-order valence-electron chi connectivity index (χ1n) is 21.3.